The molecule has 1 saturated carbocycles. The molecule has 20 heavy (non-hydrogen) atoms. The van der Waals surface area contributed by atoms with Crippen molar-refractivity contribution in [2.45, 2.75) is 34.6 Å². The van der Waals surface area contributed by atoms with Gasteiger partial charge in [-0.3, -0.25) is 4.79 Å². The number of aromatic nitrogens is 2. The van der Waals surface area contributed by atoms with Crippen molar-refractivity contribution < 1.29 is 9.53 Å². The normalized spacial score (nSPS) is 23.2. The van der Waals surface area contributed by atoms with Crippen molar-refractivity contribution in [2.75, 3.05) is 18.1 Å². The molecule has 0 spiro atoms. The van der Waals surface area contributed by atoms with Crippen molar-refractivity contribution in [3.05, 3.63) is 5.69 Å². The van der Waals surface area contributed by atoms with E-state index in [4.69, 9.17) is 4.74 Å². The van der Waals surface area contributed by atoms with Crippen molar-refractivity contribution in [1.29, 1.82) is 0 Å². The van der Waals surface area contributed by atoms with Gasteiger partial charge in [0.15, 0.2) is 0 Å². The largest absolute Gasteiger partial charge is 0.474 e. The Labute approximate surface area is 119 Å². The molecule has 3 rings (SSSR count). The highest BCUT2D eigenvalue weighted by Gasteiger charge is 2.69. The van der Waals surface area contributed by atoms with Crippen LogP contribution in [0.15, 0.2) is 0 Å². The van der Waals surface area contributed by atoms with Gasteiger partial charge < -0.3 is 9.64 Å². The predicted molar refractivity (Wildman–Crippen MR) is 76.8 cm³/mol. The van der Waals surface area contributed by atoms with E-state index in [-0.39, 0.29) is 22.7 Å². The maximum absolute atomic E-state index is 12.9. The van der Waals surface area contributed by atoms with Crippen LogP contribution in [0.3, 0.4) is 0 Å². The molecule has 1 aromatic rings. The summed E-state index contributed by atoms with van der Waals surface area (Å²) in [5.41, 5.74) is 1.81. The maximum atomic E-state index is 12.9. The predicted octanol–water partition coefficient (Wildman–Crippen LogP) is 2.14. The molecule has 5 heteroatoms. The maximum Gasteiger partial charge on any atom is 0.236 e. The number of carbonyl (C=O) groups excluding carboxylic acids is 1. The minimum atomic E-state index is 0.0542. The zero-order valence-electron chi connectivity index (χ0n) is 13.1. The Morgan fingerprint density at radius 3 is 2.45 bits per heavy atom. The Kier molecular flexibility index (Phi) is 2.54. The molecule has 0 bridgehead atoms. The minimum absolute atomic E-state index is 0.0542. The van der Waals surface area contributed by atoms with Gasteiger partial charge in [0.25, 0.3) is 0 Å². The second-order valence-corrected chi connectivity index (χ2v) is 7.08. The van der Waals surface area contributed by atoms with Gasteiger partial charge in [-0.1, -0.05) is 27.7 Å². The number of anilines is 1. The summed E-state index contributed by atoms with van der Waals surface area (Å²) in [5, 5.41) is 4.38. The third kappa shape index (κ3) is 1.49. The molecule has 0 saturated heterocycles. The van der Waals surface area contributed by atoms with E-state index >= 15 is 0 Å². The number of hydrogen-bond acceptors (Lipinski definition) is 3. The van der Waals surface area contributed by atoms with Crippen LogP contribution in [0, 0.1) is 23.7 Å². The van der Waals surface area contributed by atoms with E-state index in [1.807, 2.05) is 18.9 Å². The number of ether oxygens (including phenoxy) is 1. The highest BCUT2D eigenvalue weighted by molar-refractivity contribution is 6.00. The van der Waals surface area contributed by atoms with Crippen LogP contribution in [0.25, 0.3) is 0 Å². The van der Waals surface area contributed by atoms with Crippen LogP contribution in [0.5, 0.6) is 5.88 Å². The molecule has 1 aliphatic carbocycles. The molecule has 1 fully saturated rings. The molecule has 0 aromatic carbocycles. The fourth-order valence-corrected chi connectivity index (χ4v) is 3.63. The fourth-order valence-electron chi connectivity index (χ4n) is 3.63. The van der Waals surface area contributed by atoms with E-state index in [9.17, 15) is 4.79 Å². The number of nitrogens with zero attached hydrogens (tertiary/aromatic N) is 3. The quantitative estimate of drug-likeness (QED) is 0.790. The monoisotopic (exact) mass is 277 g/mol. The zero-order valence-corrected chi connectivity index (χ0v) is 13.1. The molecule has 2 aliphatic rings. The Bertz CT molecular complexity index is 572. The van der Waals surface area contributed by atoms with E-state index in [0.717, 1.165) is 11.4 Å². The highest BCUT2D eigenvalue weighted by atomic mass is 16.5. The smallest absolute Gasteiger partial charge is 0.236 e. The van der Waals surface area contributed by atoms with E-state index < -0.39 is 0 Å². The summed E-state index contributed by atoms with van der Waals surface area (Å²) in [6.45, 7) is 11.8. The minimum Gasteiger partial charge on any atom is -0.474 e. The van der Waals surface area contributed by atoms with Gasteiger partial charge in [-0.15, -0.1) is 0 Å². The molecular formula is C15H23N3O2. The van der Waals surface area contributed by atoms with Gasteiger partial charge in [-0.2, -0.15) is 5.10 Å². The summed E-state index contributed by atoms with van der Waals surface area (Å²) < 4.78 is 7.38. The van der Waals surface area contributed by atoms with Crippen LogP contribution < -0.4 is 9.64 Å². The van der Waals surface area contributed by atoms with Crippen LogP contribution in [0.2, 0.25) is 0 Å². The summed E-state index contributed by atoms with van der Waals surface area (Å²) in [6, 6.07) is 0. The molecule has 1 amide bonds. The Balaban J connectivity index is 1.97. The standard InChI is InChI=1S/C15H23N3O2/c1-9-10-13(17(6)16-9)20-8-7-18(10)12(19)11-14(2,3)15(11,4)5/h11H,7-8H2,1-6H3. The van der Waals surface area contributed by atoms with Crippen LogP contribution in [-0.4, -0.2) is 28.8 Å². The van der Waals surface area contributed by atoms with E-state index in [1.165, 1.54) is 0 Å². The summed E-state index contributed by atoms with van der Waals surface area (Å²) in [4.78, 5) is 14.8. The van der Waals surface area contributed by atoms with Gasteiger partial charge >= 0.3 is 0 Å². The first-order valence-electron chi connectivity index (χ1n) is 7.17. The average Bonchev–Trinajstić information content (AvgIpc) is 2.61. The number of hydrogen-bond donors (Lipinski definition) is 0. The summed E-state index contributed by atoms with van der Waals surface area (Å²) in [5.74, 6) is 0.986. The molecule has 0 N–H and O–H groups in total. The van der Waals surface area contributed by atoms with Gasteiger partial charge in [-0.25, -0.2) is 4.68 Å². The van der Waals surface area contributed by atoms with Crippen molar-refractivity contribution in [3.8, 4) is 5.88 Å². The van der Waals surface area contributed by atoms with Gasteiger partial charge in [-0.05, 0) is 17.8 Å². The van der Waals surface area contributed by atoms with Gasteiger partial charge in [0.1, 0.15) is 12.3 Å². The van der Waals surface area contributed by atoms with Crippen molar-refractivity contribution in [2.24, 2.45) is 23.8 Å². The molecule has 0 atom stereocenters. The summed E-state index contributed by atoms with van der Waals surface area (Å²) in [6.07, 6.45) is 0. The van der Waals surface area contributed by atoms with E-state index in [0.29, 0.717) is 19.0 Å². The number of carbonyl (C=O) groups is 1. The average molecular weight is 277 g/mol. The Morgan fingerprint density at radius 2 is 1.90 bits per heavy atom. The number of amides is 1. The number of aryl methyl sites for hydroxylation is 2. The van der Waals surface area contributed by atoms with Gasteiger partial charge in [0.05, 0.1) is 12.2 Å². The first-order valence-corrected chi connectivity index (χ1v) is 7.17. The topological polar surface area (TPSA) is 47.4 Å². The highest BCUT2D eigenvalue weighted by Crippen LogP contribution is 2.69. The molecule has 2 heterocycles. The van der Waals surface area contributed by atoms with E-state index in [2.05, 4.69) is 32.8 Å². The molecule has 1 aromatic heterocycles. The third-order valence-corrected chi connectivity index (χ3v) is 5.50. The van der Waals surface area contributed by atoms with Crippen LogP contribution in [-0.2, 0) is 11.8 Å². The summed E-state index contributed by atoms with van der Waals surface area (Å²) in [7, 11) is 1.85. The van der Waals surface area contributed by atoms with Gasteiger partial charge in [0, 0.05) is 13.0 Å². The molecule has 110 valence electrons. The second kappa shape index (κ2) is 3.77. The molecule has 1 aliphatic heterocycles. The van der Waals surface area contributed by atoms with Crippen molar-refractivity contribution in [3.63, 3.8) is 0 Å². The van der Waals surface area contributed by atoms with Crippen molar-refractivity contribution in [1.82, 2.24) is 9.78 Å². The molecule has 5 nitrogen and oxygen atoms in total. The zero-order chi connectivity index (χ0) is 14.9. The lowest BCUT2D eigenvalue weighted by atomic mass is 10.0. The Hall–Kier alpha value is -1.52. The summed E-state index contributed by atoms with van der Waals surface area (Å²) >= 11 is 0. The van der Waals surface area contributed by atoms with Crippen LogP contribution >= 0.6 is 0 Å². The molecule has 0 radical (unpaired) electrons. The molecular weight excluding hydrogens is 254 g/mol. The third-order valence-electron chi connectivity index (χ3n) is 5.50. The van der Waals surface area contributed by atoms with Crippen molar-refractivity contribution >= 4 is 11.6 Å². The SMILES string of the molecule is Cc1nn(C)c2c1N(C(=O)C1C(C)(C)C1(C)C)CCO2. The lowest BCUT2D eigenvalue weighted by Gasteiger charge is -2.28. The molecule has 0 unspecified atom stereocenters. The number of rotatable bonds is 1. The second-order valence-electron chi connectivity index (χ2n) is 7.08. The van der Waals surface area contributed by atoms with Gasteiger partial charge in [0.2, 0.25) is 11.8 Å². The lowest BCUT2D eigenvalue weighted by Crippen LogP contribution is -2.40. The van der Waals surface area contributed by atoms with Crippen LogP contribution in [0.1, 0.15) is 33.4 Å². The Morgan fingerprint density at radius 1 is 1.30 bits per heavy atom. The fraction of sp³-hybridized carbons (Fsp3) is 0.733. The van der Waals surface area contributed by atoms with Crippen LogP contribution in [0.4, 0.5) is 5.69 Å². The first kappa shape index (κ1) is 13.5. The number of fused-ring (bicyclic) bond motifs is 1. The lowest BCUT2D eigenvalue weighted by molar-refractivity contribution is -0.121. The first-order chi connectivity index (χ1) is 9.19. The van der Waals surface area contributed by atoms with E-state index in [1.54, 1.807) is 4.68 Å².